The Kier molecular flexibility index (Phi) is 70.8. The third kappa shape index (κ3) is 1190. The molecule has 16 nitrogen and oxygen atoms in total. The first-order valence-corrected chi connectivity index (χ1v) is 8.76. The van der Waals surface area contributed by atoms with Gasteiger partial charge >= 0.3 is 65.2 Å². The molecule has 0 aliphatic carbocycles. The van der Waals surface area contributed by atoms with Crippen molar-refractivity contribution in [3.05, 3.63) is 0 Å². The summed E-state index contributed by atoms with van der Waals surface area (Å²) in [5, 5.41) is 0. The van der Waals surface area contributed by atoms with E-state index in [2.05, 4.69) is 0 Å². The van der Waals surface area contributed by atoms with E-state index in [4.69, 9.17) is 77.0 Å². The van der Waals surface area contributed by atoms with E-state index < -0.39 is 31.3 Å². The standard InChI is InChI=1S/3Al.4H3O4P.3Ti/c;;;4*1-5(2,3)4;;;/h;;;4*(H3,1,2,3,4);;;/q;;;;;;;3*+4/p-12. The zero-order valence-corrected chi connectivity index (χ0v) is 23.3. The van der Waals surface area contributed by atoms with Gasteiger partial charge in [0.2, 0.25) is 0 Å². The summed E-state index contributed by atoms with van der Waals surface area (Å²) in [5.74, 6) is 0. The van der Waals surface area contributed by atoms with E-state index >= 15 is 0 Å². The van der Waals surface area contributed by atoms with Crippen LogP contribution in [0.15, 0.2) is 0 Å². The molecule has 26 heteroatoms. The fraction of sp³-hybridized carbons (Fsp3) is 0. The summed E-state index contributed by atoms with van der Waals surface area (Å²) in [7, 11) is -21.6. The monoisotopic (exact) mass is 605 g/mol. The van der Waals surface area contributed by atoms with E-state index in [0.717, 1.165) is 0 Å². The molecule has 0 rings (SSSR count). The Labute approximate surface area is 223 Å². The maximum atomic E-state index is 8.55. The average molecular weight is 604 g/mol. The Morgan fingerprint density at radius 2 is 0.308 bits per heavy atom. The Hall–Kier alpha value is 4.18. The van der Waals surface area contributed by atoms with Crippen LogP contribution in [0, 0.1) is 0 Å². The van der Waals surface area contributed by atoms with Crippen molar-refractivity contribution in [3.63, 3.8) is 0 Å². The van der Waals surface area contributed by atoms with Gasteiger partial charge < -0.3 is 77.0 Å². The van der Waals surface area contributed by atoms with Gasteiger partial charge in [-0.15, -0.1) is 0 Å². The molecule has 0 amide bonds. The van der Waals surface area contributed by atoms with Crippen LogP contribution in [0.4, 0.5) is 0 Å². The second kappa shape index (κ2) is 29.2. The van der Waals surface area contributed by atoms with Gasteiger partial charge in [-0.05, 0) is 0 Å². The van der Waals surface area contributed by atoms with Crippen LogP contribution < -0.4 is 58.7 Å². The van der Waals surface area contributed by atoms with Crippen molar-refractivity contribution in [2.24, 2.45) is 0 Å². The van der Waals surface area contributed by atoms with Crippen molar-refractivity contribution in [1.82, 2.24) is 0 Å². The normalized spacial score (nSPS) is 9.08. The van der Waals surface area contributed by atoms with E-state index in [1.54, 1.807) is 0 Å². The quantitative estimate of drug-likeness (QED) is 0.183. The summed E-state index contributed by atoms with van der Waals surface area (Å²) in [6.07, 6.45) is 0. The minimum absolute atomic E-state index is 0. The Morgan fingerprint density at radius 3 is 0.308 bits per heavy atom. The van der Waals surface area contributed by atoms with Crippen molar-refractivity contribution in [1.29, 1.82) is 0 Å². The molecule has 0 heterocycles. The van der Waals surface area contributed by atoms with Crippen molar-refractivity contribution < 1.29 is 142 Å². The number of phosphoric acid groups is 4. The maximum absolute atomic E-state index is 8.55. The van der Waals surface area contributed by atoms with Crippen LogP contribution in [0.5, 0.6) is 0 Å². The predicted octanol–water partition coefficient (Wildman–Crippen LogP) is -12.4. The fourth-order valence-electron chi connectivity index (χ4n) is 0. The van der Waals surface area contributed by atoms with Gasteiger partial charge in [0.15, 0.2) is 0 Å². The molecule has 0 spiro atoms. The van der Waals surface area contributed by atoms with Gasteiger partial charge in [0.1, 0.15) is 0 Å². The molecule has 0 saturated carbocycles. The van der Waals surface area contributed by atoms with Crippen LogP contribution in [0.3, 0.4) is 0 Å². The van der Waals surface area contributed by atoms with Gasteiger partial charge in [-0.3, -0.25) is 0 Å². The Morgan fingerprint density at radius 1 is 0.308 bits per heavy atom. The third-order valence-corrected chi connectivity index (χ3v) is 0. The Bertz CT molecular complexity index is 305. The minimum atomic E-state index is -5.39. The number of hydrogen-bond donors (Lipinski definition) is 0. The van der Waals surface area contributed by atoms with Crippen LogP contribution in [0.1, 0.15) is 0 Å². The van der Waals surface area contributed by atoms with Crippen LogP contribution in [0.25, 0.3) is 0 Å². The van der Waals surface area contributed by atoms with E-state index in [-0.39, 0.29) is 117 Å². The predicted molar refractivity (Wildman–Crippen MR) is 47.7 cm³/mol. The van der Waals surface area contributed by atoms with Crippen molar-refractivity contribution >= 4 is 83.4 Å². The summed E-state index contributed by atoms with van der Waals surface area (Å²) in [6.45, 7) is 0. The van der Waals surface area contributed by atoms with Gasteiger partial charge in [-0.25, -0.2) is 0 Å². The van der Waals surface area contributed by atoms with Crippen LogP contribution in [0.2, 0.25) is 0 Å². The van der Waals surface area contributed by atoms with Crippen molar-refractivity contribution in [2.75, 3.05) is 0 Å². The average Bonchev–Trinajstić information content (AvgIpc) is 1.62. The molecule has 0 saturated heterocycles. The molecule has 9 radical (unpaired) electrons. The molecule has 26 heavy (non-hydrogen) atoms. The van der Waals surface area contributed by atoms with Crippen molar-refractivity contribution in [2.45, 2.75) is 0 Å². The van der Waals surface area contributed by atoms with Gasteiger partial charge in [-0.1, -0.05) is 0 Å². The third-order valence-electron chi connectivity index (χ3n) is 0. The van der Waals surface area contributed by atoms with Gasteiger partial charge in [0.05, 0.1) is 0 Å². The van der Waals surface area contributed by atoms with Crippen LogP contribution >= 0.6 is 31.3 Å². The molecule has 0 unspecified atom stereocenters. The molecule has 0 bridgehead atoms. The molecule has 0 aliphatic heterocycles. The van der Waals surface area contributed by atoms with Gasteiger partial charge in [0, 0.05) is 52.1 Å². The molecule has 0 atom stereocenters. The van der Waals surface area contributed by atoms with E-state index in [1.807, 2.05) is 0 Å². The second-order valence-corrected chi connectivity index (χ2v) is 5.37. The summed E-state index contributed by atoms with van der Waals surface area (Å²) in [5.41, 5.74) is 0. The van der Waals surface area contributed by atoms with Crippen molar-refractivity contribution in [3.8, 4) is 0 Å². The summed E-state index contributed by atoms with van der Waals surface area (Å²) in [4.78, 5) is 103. The molecule has 0 aromatic heterocycles. The smallest absolute Gasteiger partial charge is 0.822 e. The summed E-state index contributed by atoms with van der Waals surface area (Å²) >= 11 is 0. The minimum Gasteiger partial charge on any atom is -0.822 e. The SMILES string of the molecule is O=P([O-])([O-])[O-].O=P([O-])([O-])[O-].O=P([O-])([O-])[O-].O=P([O-])([O-])[O-].[Al].[Al].[Al].[Ti+4].[Ti+4].[Ti+4]. The largest absolute Gasteiger partial charge is 4.00 e. The topological polar surface area (TPSA) is 345 Å². The zero-order valence-electron chi connectivity index (χ0n) is 11.6. The molecule has 137 valence electrons. The number of hydrogen-bond acceptors (Lipinski definition) is 16. The number of rotatable bonds is 0. The zero-order chi connectivity index (χ0) is 18.0. The maximum Gasteiger partial charge on any atom is 4.00 e. The summed E-state index contributed by atoms with van der Waals surface area (Å²) in [6, 6.07) is 0. The van der Waals surface area contributed by atoms with Crippen LogP contribution in [-0.4, -0.2) is 52.1 Å². The first kappa shape index (κ1) is 63.1. The van der Waals surface area contributed by atoms with E-state index in [0.29, 0.717) is 0 Å². The first-order valence-electron chi connectivity index (χ1n) is 2.92. The molecule has 0 aliphatic rings. The van der Waals surface area contributed by atoms with E-state index in [1.165, 1.54) is 0 Å². The van der Waals surface area contributed by atoms with Gasteiger partial charge in [0.25, 0.3) is 0 Å². The molecule has 0 aromatic carbocycles. The summed E-state index contributed by atoms with van der Waals surface area (Å²) < 4.78 is 34.2. The van der Waals surface area contributed by atoms with Gasteiger partial charge in [-0.2, -0.15) is 31.3 Å². The molecular formula is Al3O16P4Ti3. The molecule has 0 N–H and O–H groups in total. The Balaban J connectivity index is -0.0000000152. The van der Waals surface area contributed by atoms with E-state index in [9.17, 15) is 0 Å². The molecule has 0 aromatic rings. The van der Waals surface area contributed by atoms with Crippen LogP contribution in [-0.2, 0) is 83.4 Å². The first-order chi connectivity index (χ1) is 8.00. The fourth-order valence-corrected chi connectivity index (χ4v) is 0. The second-order valence-electron chi connectivity index (χ2n) is 1.79. The molecular weight excluding hydrogens is 604 g/mol. The molecule has 0 fully saturated rings.